The Bertz CT molecular complexity index is 423. The summed E-state index contributed by atoms with van der Waals surface area (Å²) >= 11 is 0. The lowest BCUT2D eigenvalue weighted by Crippen LogP contribution is -2.22. The molecule has 0 amide bonds. The maximum atomic E-state index is 13.2. The van der Waals surface area contributed by atoms with Crippen LogP contribution in [0.15, 0.2) is 18.2 Å². The lowest BCUT2D eigenvalue weighted by Gasteiger charge is -2.15. The molecule has 1 atom stereocenters. The summed E-state index contributed by atoms with van der Waals surface area (Å²) in [7, 11) is 0. The van der Waals surface area contributed by atoms with Crippen molar-refractivity contribution in [2.24, 2.45) is 5.73 Å². The molecule has 114 valence electrons. The molecule has 0 fully saturated rings. The number of ether oxygens (including phenoxy) is 2. The van der Waals surface area contributed by atoms with Crippen LogP contribution >= 0.6 is 0 Å². The molecule has 20 heavy (non-hydrogen) atoms. The van der Waals surface area contributed by atoms with Crippen LogP contribution in [0.2, 0.25) is 0 Å². The van der Waals surface area contributed by atoms with E-state index in [-0.39, 0.29) is 12.6 Å². The summed E-state index contributed by atoms with van der Waals surface area (Å²) in [5.74, 6) is -0.122. The normalized spacial score (nSPS) is 13.3. The van der Waals surface area contributed by atoms with Crippen molar-refractivity contribution in [1.29, 1.82) is 0 Å². The van der Waals surface area contributed by atoms with E-state index in [4.69, 9.17) is 10.5 Å². The number of rotatable bonds is 7. The average Bonchev–Trinajstić information content (AvgIpc) is 2.35. The maximum absolute atomic E-state index is 13.2. The van der Waals surface area contributed by atoms with Crippen molar-refractivity contribution in [3.05, 3.63) is 29.6 Å². The molecule has 0 radical (unpaired) electrons. The predicted molar refractivity (Wildman–Crippen MR) is 65.9 cm³/mol. The molecule has 2 N–H and O–H groups in total. The second kappa shape index (κ2) is 7.44. The molecule has 1 aromatic rings. The van der Waals surface area contributed by atoms with Crippen LogP contribution in [0.3, 0.4) is 0 Å². The van der Waals surface area contributed by atoms with Crippen LogP contribution < -0.4 is 10.5 Å². The quantitative estimate of drug-likeness (QED) is 0.621. The van der Waals surface area contributed by atoms with Gasteiger partial charge in [0.15, 0.2) is 0 Å². The van der Waals surface area contributed by atoms with Gasteiger partial charge in [0.2, 0.25) is 0 Å². The van der Waals surface area contributed by atoms with Crippen LogP contribution in [0.5, 0.6) is 5.75 Å². The molecule has 0 saturated carbocycles. The molecule has 1 aromatic carbocycles. The van der Waals surface area contributed by atoms with Gasteiger partial charge in [-0.3, -0.25) is 4.74 Å². The van der Waals surface area contributed by atoms with Gasteiger partial charge in [-0.2, -0.15) is 0 Å². The summed E-state index contributed by atoms with van der Waals surface area (Å²) in [6.45, 7) is 0.987. The van der Waals surface area contributed by atoms with Gasteiger partial charge in [0.1, 0.15) is 18.2 Å². The van der Waals surface area contributed by atoms with Gasteiger partial charge in [0.25, 0.3) is 0 Å². The van der Waals surface area contributed by atoms with Crippen molar-refractivity contribution in [2.75, 3.05) is 13.2 Å². The van der Waals surface area contributed by atoms with E-state index in [1.165, 1.54) is 18.2 Å². The average molecular weight is 295 g/mol. The fraction of sp³-hybridized carbons (Fsp3) is 0.538. The van der Waals surface area contributed by atoms with Gasteiger partial charge in [0, 0.05) is 6.04 Å². The van der Waals surface area contributed by atoms with Gasteiger partial charge in [-0.05, 0) is 36.6 Å². The van der Waals surface area contributed by atoms with E-state index in [2.05, 4.69) is 4.74 Å². The standard InChI is InChI=1S/C13H17F4NO2/c1-2-11(18)8-9-7-10(14)3-4-12(9)19-5-6-20-13(15,16)17/h3-4,7,11H,2,5-6,8,18H2,1H3. The third-order valence-electron chi connectivity index (χ3n) is 2.64. The second-order valence-electron chi connectivity index (χ2n) is 4.27. The van der Waals surface area contributed by atoms with E-state index in [0.717, 1.165) is 0 Å². The summed E-state index contributed by atoms with van der Waals surface area (Å²) in [5.41, 5.74) is 6.32. The van der Waals surface area contributed by atoms with Crippen molar-refractivity contribution in [2.45, 2.75) is 32.2 Å². The van der Waals surface area contributed by atoms with Crippen LogP contribution in [0.4, 0.5) is 17.6 Å². The third kappa shape index (κ3) is 6.21. The molecule has 1 rings (SSSR count). The molecule has 0 aliphatic carbocycles. The largest absolute Gasteiger partial charge is 0.522 e. The van der Waals surface area contributed by atoms with Crippen LogP contribution in [-0.4, -0.2) is 25.6 Å². The Hall–Kier alpha value is -1.34. The van der Waals surface area contributed by atoms with Crippen LogP contribution in [0.1, 0.15) is 18.9 Å². The second-order valence-corrected chi connectivity index (χ2v) is 4.27. The number of nitrogens with two attached hydrogens (primary N) is 1. The molecule has 7 heteroatoms. The first-order chi connectivity index (χ1) is 9.31. The van der Waals surface area contributed by atoms with Gasteiger partial charge in [-0.15, -0.1) is 13.2 Å². The van der Waals surface area contributed by atoms with E-state index in [1.807, 2.05) is 6.92 Å². The minimum absolute atomic E-state index is 0.162. The number of alkyl halides is 3. The van der Waals surface area contributed by atoms with Gasteiger partial charge in [-0.1, -0.05) is 6.92 Å². The van der Waals surface area contributed by atoms with E-state index < -0.39 is 18.8 Å². The highest BCUT2D eigenvalue weighted by molar-refractivity contribution is 5.34. The van der Waals surface area contributed by atoms with Gasteiger partial charge >= 0.3 is 6.36 Å². The summed E-state index contributed by atoms with van der Waals surface area (Å²) in [4.78, 5) is 0. The highest BCUT2D eigenvalue weighted by Crippen LogP contribution is 2.22. The molecule has 0 bridgehead atoms. The van der Waals surface area contributed by atoms with Crippen LogP contribution in [-0.2, 0) is 11.2 Å². The smallest absolute Gasteiger partial charge is 0.491 e. The fourth-order valence-electron chi connectivity index (χ4n) is 1.58. The minimum Gasteiger partial charge on any atom is -0.491 e. The lowest BCUT2D eigenvalue weighted by molar-refractivity contribution is -0.325. The Labute approximate surface area is 114 Å². The minimum atomic E-state index is -4.68. The number of hydrogen-bond donors (Lipinski definition) is 1. The van der Waals surface area contributed by atoms with E-state index in [1.54, 1.807) is 0 Å². The predicted octanol–water partition coefficient (Wildman–Crippen LogP) is 3.02. The number of hydrogen-bond acceptors (Lipinski definition) is 3. The molecule has 3 nitrogen and oxygen atoms in total. The molecule has 0 aliphatic rings. The number of halogens is 4. The summed E-state index contributed by atoms with van der Waals surface area (Å²) < 4.78 is 57.3. The molecule has 0 aromatic heterocycles. The van der Waals surface area contributed by atoms with Gasteiger partial charge in [0.05, 0.1) is 6.61 Å². The van der Waals surface area contributed by atoms with Crippen molar-refractivity contribution < 1.29 is 27.0 Å². The first-order valence-corrected chi connectivity index (χ1v) is 6.19. The SMILES string of the molecule is CCC(N)Cc1cc(F)ccc1OCCOC(F)(F)F. The third-order valence-corrected chi connectivity index (χ3v) is 2.64. The Morgan fingerprint density at radius 1 is 1.25 bits per heavy atom. The van der Waals surface area contributed by atoms with Crippen molar-refractivity contribution in [1.82, 2.24) is 0 Å². The van der Waals surface area contributed by atoms with Crippen molar-refractivity contribution in [3.8, 4) is 5.75 Å². The highest BCUT2D eigenvalue weighted by Gasteiger charge is 2.28. The summed E-state index contributed by atoms with van der Waals surface area (Å²) in [5, 5.41) is 0. The maximum Gasteiger partial charge on any atom is 0.522 e. The zero-order valence-corrected chi connectivity index (χ0v) is 11.0. The zero-order chi connectivity index (χ0) is 15.2. The molecular weight excluding hydrogens is 278 g/mol. The van der Waals surface area contributed by atoms with Gasteiger partial charge in [-0.25, -0.2) is 4.39 Å². The fourth-order valence-corrected chi connectivity index (χ4v) is 1.58. The highest BCUT2D eigenvalue weighted by atomic mass is 19.4. The van der Waals surface area contributed by atoms with Crippen molar-refractivity contribution >= 4 is 0 Å². The Kier molecular flexibility index (Phi) is 6.22. The zero-order valence-electron chi connectivity index (χ0n) is 11.0. The van der Waals surface area contributed by atoms with Crippen LogP contribution in [0.25, 0.3) is 0 Å². The molecule has 0 spiro atoms. The topological polar surface area (TPSA) is 44.5 Å². The lowest BCUT2D eigenvalue weighted by atomic mass is 10.0. The molecule has 1 unspecified atom stereocenters. The Morgan fingerprint density at radius 2 is 1.95 bits per heavy atom. The van der Waals surface area contributed by atoms with E-state index >= 15 is 0 Å². The number of benzene rings is 1. The molecule has 0 heterocycles. The molecule has 0 saturated heterocycles. The summed E-state index contributed by atoms with van der Waals surface area (Å²) in [6.07, 6.45) is -3.59. The summed E-state index contributed by atoms with van der Waals surface area (Å²) in [6, 6.07) is 3.67. The monoisotopic (exact) mass is 295 g/mol. The Balaban J connectivity index is 2.60. The Morgan fingerprint density at radius 3 is 2.55 bits per heavy atom. The van der Waals surface area contributed by atoms with Crippen LogP contribution in [0, 0.1) is 5.82 Å². The van der Waals surface area contributed by atoms with Crippen molar-refractivity contribution in [3.63, 3.8) is 0 Å². The van der Waals surface area contributed by atoms with Gasteiger partial charge < -0.3 is 10.5 Å². The van der Waals surface area contributed by atoms with E-state index in [0.29, 0.717) is 24.2 Å². The van der Waals surface area contributed by atoms with E-state index in [9.17, 15) is 17.6 Å². The first-order valence-electron chi connectivity index (χ1n) is 6.19. The first kappa shape index (κ1) is 16.7. The molecular formula is C13H17F4NO2. The molecule has 0 aliphatic heterocycles.